The summed E-state index contributed by atoms with van der Waals surface area (Å²) >= 11 is 0. The molecule has 2 atom stereocenters. The lowest BCUT2D eigenvalue weighted by molar-refractivity contribution is -0.141. The van der Waals surface area contributed by atoms with E-state index in [9.17, 15) is 9.59 Å². The van der Waals surface area contributed by atoms with E-state index in [1.165, 1.54) is 0 Å². The largest absolute Gasteiger partial charge is 0.481 e. The second kappa shape index (κ2) is 7.92. The lowest BCUT2D eigenvalue weighted by Crippen LogP contribution is -2.41. The number of carboxylic acids is 1. The zero-order valence-corrected chi connectivity index (χ0v) is 10.8. The molecule has 2 amide bonds. The molecule has 0 aromatic rings. The van der Waals surface area contributed by atoms with Crippen LogP contribution in [-0.2, 0) is 9.53 Å². The number of methoxy groups -OCH3 is 1. The van der Waals surface area contributed by atoms with Crippen molar-refractivity contribution in [3.8, 4) is 0 Å². The zero-order chi connectivity index (χ0) is 13.4. The van der Waals surface area contributed by atoms with Crippen LogP contribution in [0.1, 0.15) is 32.1 Å². The van der Waals surface area contributed by atoms with Crippen LogP contribution in [0.25, 0.3) is 0 Å². The Hall–Kier alpha value is -1.30. The molecule has 0 aromatic heterocycles. The van der Waals surface area contributed by atoms with Gasteiger partial charge in [-0.2, -0.15) is 0 Å². The third-order valence-electron chi connectivity index (χ3n) is 3.18. The highest BCUT2D eigenvalue weighted by molar-refractivity contribution is 5.75. The van der Waals surface area contributed by atoms with E-state index in [1.54, 1.807) is 7.11 Å². The number of ether oxygens (including phenoxy) is 1. The molecule has 0 saturated heterocycles. The minimum absolute atomic E-state index is 0.00919. The second-order valence-corrected chi connectivity index (χ2v) is 4.65. The van der Waals surface area contributed by atoms with Gasteiger partial charge in [0.25, 0.3) is 0 Å². The van der Waals surface area contributed by atoms with Crippen LogP contribution in [0.5, 0.6) is 0 Å². The number of aliphatic carboxylic acids is 1. The van der Waals surface area contributed by atoms with Gasteiger partial charge in [0, 0.05) is 26.3 Å². The summed E-state index contributed by atoms with van der Waals surface area (Å²) in [6.07, 6.45) is 3.72. The fourth-order valence-electron chi connectivity index (χ4n) is 2.15. The van der Waals surface area contributed by atoms with Crippen LogP contribution < -0.4 is 10.6 Å². The van der Waals surface area contributed by atoms with E-state index in [-0.39, 0.29) is 18.0 Å². The van der Waals surface area contributed by atoms with E-state index in [0.717, 1.165) is 19.3 Å². The molecule has 3 N–H and O–H groups in total. The maximum Gasteiger partial charge on any atom is 0.315 e. The minimum Gasteiger partial charge on any atom is -0.481 e. The fraction of sp³-hybridized carbons (Fsp3) is 0.833. The van der Waals surface area contributed by atoms with Crippen molar-refractivity contribution < 1.29 is 19.4 Å². The van der Waals surface area contributed by atoms with Gasteiger partial charge in [0.2, 0.25) is 0 Å². The van der Waals surface area contributed by atoms with Crippen molar-refractivity contribution in [2.24, 2.45) is 5.92 Å². The van der Waals surface area contributed by atoms with Crippen LogP contribution in [0.3, 0.4) is 0 Å². The number of carbonyl (C=O) groups excluding carboxylic acids is 1. The monoisotopic (exact) mass is 258 g/mol. The topological polar surface area (TPSA) is 87.7 Å². The molecule has 18 heavy (non-hydrogen) atoms. The third kappa shape index (κ3) is 5.35. The smallest absolute Gasteiger partial charge is 0.315 e. The van der Waals surface area contributed by atoms with Crippen LogP contribution >= 0.6 is 0 Å². The lowest BCUT2D eigenvalue weighted by Gasteiger charge is -2.13. The van der Waals surface area contributed by atoms with Gasteiger partial charge in [-0.25, -0.2) is 4.79 Å². The quantitative estimate of drug-likeness (QED) is 0.594. The van der Waals surface area contributed by atoms with Gasteiger partial charge in [-0.1, -0.05) is 0 Å². The van der Waals surface area contributed by atoms with Crippen molar-refractivity contribution >= 4 is 12.0 Å². The van der Waals surface area contributed by atoms with Gasteiger partial charge in [-0.15, -0.1) is 0 Å². The fourth-order valence-corrected chi connectivity index (χ4v) is 2.15. The van der Waals surface area contributed by atoms with E-state index in [0.29, 0.717) is 26.0 Å². The molecule has 1 aliphatic carbocycles. The van der Waals surface area contributed by atoms with Gasteiger partial charge < -0.3 is 20.5 Å². The van der Waals surface area contributed by atoms with Crippen LogP contribution in [-0.4, -0.2) is 43.4 Å². The molecule has 1 rings (SSSR count). The number of carbonyl (C=O) groups is 2. The molecule has 0 aliphatic heterocycles. The Morgan fingerprint density at radius 1 is 1.33 bits per heavy atom. The van der Waals surface area contributed by atoms with Crippen molar-refractivity contribution in [3.63, 3.8) is 0 Å². The molecule has 6 nitrogen and oxygen atoms in total. The molecule has 6 heteroatoms. The summed E-state index contributed by atoms with van der Waals surface area (Å²) in [5, 5.41) is 14.4. The molecule has 0 radical (unpaired) electrons. The standard InChI is InChI=1S/C12H22N2O4/c1-18-7-3-2-6-13-12(17)14-10-5-4-9(8-10)11(15)16/h9-10H,2-8H2,1H3,(H,15,16)(H2,13,14,17). The molecule has 1 saturated carbocycles. The number of rotatable bonds is 7. The summed E-state index contributed by atoms with van der Waals surface area (Å²) in [4.78, 5) is 22.3. The highest BCUT2D eigenvalue weighted by Gasteiger charge is 2.30. The SMILES string of the molecule is COCCCCNC(=O)NC1CCC(C(=O)O)C1. The first-order chi connectivity index (χ1) is 8.63. The zero-order valence-electron chi connectivity index (χ0n) is 10.8. The summed E-state index contributed by atoms with van der Waals surface area (Å²) in [7, 11) is 1.65. The number of hydrogen-bond donors (Lipinski definition) is 3. The van der Waals surface area contributed by atoms with Crippen LogP contribution in [0.4, 0.5) is 4.79 Å². The molecule has 2 unspecified atom stereocenters. The number of urea groups is 1. The Labute approximate surface area is 107 Å². The van der Waals surface area contributed by atoms with Crippen molar-refractivity contribution in [2.75, 3.05) is 20.3 Å². The molecule has 0 aromatic carbocycles. The highest BCUT2D eigenvalue weighted by Crippen LogP contribution is 2.25. The molecular weight excluding hydrogens is 236 g/mol. The molecule has 0 bridgehead atoms. The molecule has 1 aliphatic rings. The Bertz CT molecular complexity index is 283. The van der Waals surface area contributed by atoms with Crippen molar-refractivity contribution in [3.05, 3.63) is 0 Å². The second-order valence-electron chi connectivity index (χ2n) is 4.65. The number of carboxylic acid groups (broad SMARTS) is 1. The van der Waals surface area contributed by atoms with Gasteiger partial charge in [0.05, 0.1) is 5.92 Å². The summed E-state index contributed by atoms with van der Waals surface area (Å²) in [5.74, 6) is -1.07. The Morgan fingerprint density at radius 3 is 2.72 bits per heavy atom. The van der Waals surface area contributed by atoms with E-state index < -0.39 is 5.97 Å². The molecule has 0 heterocycles. The summed E-state index contributed by atoms with van der Waals surface area (Å²) < 4.78 is 4.91. The summed E-state index contributed by atoms with van der Waals surface area (Å²) in [5.41, 5.74) is 0. The van der Waals surface area contributed by atoms with E-state index in [1.807, 2.05) is 0 Å². The van der Waals surface area contributed by atoms with Crippen LogP contribution in [0.2, 0.25) is 0 Å². The summed E-state index contributed by atoms with van der Waals surface area (Å²) in [6, 6.07) is -0.214. The first-order valence-electron chi connectivity index (χ1n) is 6.39. The Balaban J connectivity index is 2.08. The number of amides is 2. The predicted octanol–water partition coefficient (Wildman–Crippen LogP) is 0.965. The van der Waals surface area contributed by atoms with Gasteiger partial charge in [0.15, 0.2) is 0 Å². The van der Waals surface area contributed by atoms with Gasteiger partial charge >= 0.3 is 12.0 Å². The van der Waals surface area contributed by atoms with Crippen LogP contribution in [0.15, 0.2) is 0 Å². The molecule has 0 spiro atoms. The molecule has 104 valence electrons. The van der Waals surface area contributed by atoms with E-state index >= 15 is 0 Å². The normalized spacial score (nSPS) is 22.7. The highest BCUT2D eigenvalue weighted by atomic mass is 16.5. The first kappa shape index (κ1) is 14.8. The average molecular weight is 258 g/mol. The number of nitrogens with one attached hydrogen (secondary N) is 2. The van der Waals surface area contributed by atoms with Crippen molar-refractivity contribution in [2.45, 2.75) is 38.1 Å². The molecule has 1 fully saturated rings. The predicted molar refractivity (Wildman–Crippen MR) is 66.4 cm³/mol. The summed E-state index contributed by atoms with van der Waals surface area (Å²) in [6.45, 7) is 1.32. The maximum absolute atomic E-state index is 11.5. The van der Waals surface area contributed by atoms with Gasteiger partial charge in [-0.3, -0.25) is 4.79 Å². The minimum atomic E-state index is -0.765. The van der Waals surface area contributed by atoms with Crippen molar-refractivity contribution in [1.82, 2.24) is 10.6 Å². The first-order valence-corrected chi connectivity index (χ1v) is 6.39. The van der Waals surface area contributed by atoms with Gasteiger partial charge in [0.1, 0.15) is 0 Å². The number of hydrogen-bond acceptors (Lipinski definition) is 3. The van der Waals surface area contributed by atoms with Gasteiger partial charge in [-0.05, 0) is 32.1 Å². The average Bonchev–Trinajstić information content (AvgIpc) is 2.77. The Kier molecular flexibility index (Phi) is 6.49. The lowest BCUT2D eigenvalue weighted by atomic mass is 10.1. The number of unbranched alkanes of at least 4 members (excludes halogenated alkanes) is 1. The van der Waals surface area contributed by atoms with E-state index in [4.69, 9.17) is 9.84 Å². The van der Waals surface area contributed by atoms with Crippen LogP contribution in [0, 0.1) is 5.92 Å². The Morgan fingerprint density at radius 2 is 2.11 bits per heavy atom. The maximum atomic E-state index is 11.5. The third-order valence-corrected chi connectivity index (χ3v) is 3.18. The van der Waals surface area contributed by atoms with E-state index in [2.05, 4.69) is 10.6 Å². The molecular formula is C12H22N2O4. The van der Waals surface area contributed by atoms with Crippen molar-refractivity contribution in [1.29, 1.82) is 0 Å².